The highest BCUT2D eigenvalue weighted by Crippen LogP contribution is 2.34. The standard InChI is InChI=1S/C20H17NO/c1-14-9-11-16(12-10-14)20(22)19(13-21)18-8-4-6-15-5-2-3-7-17(15)18/h2-12,19-20,22H,1H3/t19-,20+/m0/s1. The maximum absolute atomic E-state index is 10.7. The lowest BCUT2D eigenvalue weighted by atomic mass is 9.87. The van der Waals surface area contributed by atoms with Crippen LogP contribution in [0, 0.1) is 18.3 Å². The van der Waals surface area contributed by atoms with Crippen molar-refractivity contribution in [2.45, 2.75) is 18.9 Å². The van der Waals surface area contributed by atoms with Crippen molar-refractivity contribution in [2.24, 2.45) is 0 Å². The minimum absolute atomic E-state index is 0.589. The van der Waals surface area contributed by atoms with Crippen LogP contribution in [-0.2, 0) is 0 Å². The fourth-order valence-electron chi connectivity index (χ4n) is 2.79. The quantitative estimate of drug-likeness (QED) is 0.771. The fraction of sp³-hybridized carbons (Fsp3) is 0.150. The van der Waals surface area contributed by atoms with Gasteiger partial charge in [-0.1, -0.05) is 72.3 Å². The highest BCUT2D eigenvalue weighted by Gasteiger charge is 2.24. The van der Waals surface area contributed by atoms with Gasteiger partial charge in [0.15, 0.2) is 0 Å². The number of nitriles is 1. The lowest BCUT2D eigenvalue weighted by Gasteiger charge is -2.19. The van der Waals surface area contributed by atoms with Gasteiger partial charge in [0.2, 0.25) is 0 Å². The number of hydrogen-bond donors (Lipinski definition) is 1. The Hall–Kier alpha value is -2.63. The first-order valence-electron chi connectivity index (χ1n) is 7.32. The molecule has 3 rings (SSSR count). The van der Waals surface area contributed by atoms with Gasteiger partial charge in [-0.05, 0) is 28.8 Å². The van der Waals surface area contributed by atoms with Gasteiger partial charge in [-0.15, -0.1) is 0 Å². The average Bonchev–Trinajstić information content (AvgIpc) is 2.56. The molecule has 2 heteroatoms. The van der Waals surface area contributed by atoms with Crippen molar-refractivity contribution in [1.82, 2.24) is 0 Å². The van der Waals surface area contributed by atoms with Crippen LogP contribution in [0.25, 0.3) is 10.8 Å². The van der Waals surface area contributed by atoms with E-state index < -0.39 is 12.0 Å². The minimum atomic E-state index is -0.837. The normalized spacial score (nSPS) is 13.5. The molecule has 0 aliphatic heterocycles. The zero-order chi connectivity index (χ0) is 15.5. The Labute approximate surface area is 130 Å². The molecule has 0 bridgehead atoms. The van der Waals surface area contributed by atoms with E-state index in [4.69, 9.17) is 0 Å². The third kappa shape index (κ3) is 2.59. The number of fused-ring (bicyclic) bond motifs is 1. The molecule has 0 amide bonds. The van der Waals surface area contributed by atoms with Crippen LogP contribution in [0.5, 0.6) is 0 Å². The smallest absolute Gasteiger partial charge is 0.102 e. The van der Waals surface area contributed by atoms with Crippen LogP contribution in [0.1, 0.15) is 28.7 Å². The third-order valence-electron chi connectivity index (χ3n) is 4.03. The predicted molar refractivity (Wildman–Crippen MR) is 88.4 cm³/mol. The summed E-state index contributed by atoms with van der Waals surface area (Å²) in [6.07, 6.45) is -0.837. The van der Waals surface area contributed by atoms with Gasteiger partial charge >= 0.3 is 0 Å². The number of nitrogens with zero attached hydrogens (tertiary/aromatic N) is 1. The second-order valence-electron chi connectivity index (χ2n) is 5.53. The maximum atomic E-state index is 10.7. The zero-order valence-corrected chi connectivity index (χ0v) is 12.4. The van der Waals surface area contributed by atoms with Crippen molar-refractivity contribution in [3.8, 4) is 6.07 Å². The topological polar surface area (TPSA) is 44.0 Å². The SMILES string of the molecule is Cc1ccc([C@@H](O)[C@@H](C#N)c2cccc3ccccc23)cc1. The Morgan fingerprint density at radius 1 is 0.909 bits per heavy atom. The van der Waals surface area contributed by atoms with Gasteiger partial charge in [-0.2, -0.15) is 5.26 Å². The van der Waals surface area contributed by atoms with E-state index in [1.165, 1.54) is 0 Å². The number of aryl methyl sites for hydroxylation is 1. The number of benzene rings is 3. The van der Waals surface area contributed by atoms with Crippen LogP contribution >= 0.6 is 0 Å². The van der Waals surface area contributed by atoms with Crippen LogP contribution < -0.4 is 0 Å². The molecule has 0 unspecified atom stereocenters. The molecule has 0 spiro atoms. The van der Waals surface area contributed by atoms with Crippen molar-refractivity contribution >= 4 is 10.8 Å². The van der Waals surface area contributed by atoms with Crippen LogP contribution in [0.4, 0.5) is 0 Å². The van der Waals surface area contributed by atoms with Crippen molar-refractivity contribution in [3.05, 3.63) is 83.4 Å². The molecular formula is C20H17NO. The summed E-state index contributed by atoms with van der Waals surface area (Å²) in [7, 11) is 0. The monoisotopic (exact) mass is 287 g/mol. The minimum Gasteiger partial charge on any atom is -0.387 e. The molecule has 108 valence electrons. The molecule has 0 fully saturated rings. The third-order valence-corrected chi connectivity index (χ3v) is 4.03. The van der Waals surface area contributed by atoms with E-state index in [-0.39, 0.29) is 0 Å². The lowest BCUT2D eigenvalue weighted by Crippen LogP contribution is -2.09. The average molecular weight is 287 g/mol. The van der Waals surface area contributed by atoms with Crippen molar-refractivity contribution in [3.63, 3.8) is 0 Å². The molecule has 3 aromatic rings. The van der Waals surface area contributed by atoms with Gasteiger partial charge in [-0.3, -0.25) is 0 Å². The van der Waals surface area contributed by atoms with E-state index in [2.05, 4.69) is 6.07 Å². The molecule has 0 saturated carbocycles. The zero-order valence-electron chi connectivity index (χ0n) is 12.4. The fourth-order valence-corrected chi connectivity index (χ4v) is 2.79. The Balaban J connectivity index is 2.07. The Morgan fingerprint density at radius 2 is 1.59 bits per heavy atom. The summed E-state index contributed by atoms with van der Waals surface area (Å²) >= 11 is 0. The molecule has 2 nitrogen and oxygen atoms in total. The first-order valence-corrected chi connectivity index (χ1v) is 7.32. The van der Waals surface area contributed by atoms with Crippen LogP contribution in [0.2, 0.25) is 0 Å². The van der Waals surface area contributed by atoms with Gasteiger partial charge in [0.1, 0.15) is 5.92 Å². The van der Waals surface area contributed by atoms with Gasteiger partial charge in [0, 0.05) is 0 Å². The number of hydrogen-bond acceptors (Lipinski definition) is 2. The van der Waals surface area contributed by atoms with Crippen molar-refractivity contribution < 1.29 is 5.11 Å². The molecule has 0 radical (unpaired) electrons. The Kier molecular flexibility index (Phi) is 3.91. The van der Waals surface area contributed by atoms with Gasteiger partial charge in [0.25, 0.3) is 0 Å². The van der Waals surface area contributed by atoms with E-state index in [0.717, 1.165) is 27.5 Å². The molecule has 0 aliphatic rings. The lowest BCUT2D eigenvalue weighted by molar-refractivity contribution is 0.164. The largest absolute Gasteiger partial charge is 0.387 e. The predicted octanol–water partition coefficient (Wildman–Crippen LogP) is 4.49. The summed E-state index contributed by atoms with van der Waals surface area (Å²) in [4.78, 5) is 0. The van der Waals surface area contributed by atoms with Gasteiger partial charge < -0.3 is 5.11 Å². The van der Waals surface area contributed by atoms with E-state index in [9.17, 15) is 10.4 Å². The first kappa shape index (κ1) is 14.3. The van der Waals surface area contributed by atoms with Crippen LogP contribution in [0.3, 0.4) is 0 Å². The van der Waals surface area contributed by atoms with E-state index in [0.29, 0.717) is 0 Å². The van der Waals surface area contributed by atoms with E-state index >= 15 is 0 Å². The number of aliphatic hydroxyl groups excluding tert-OH is 1. The maximum Gasteiger partial charge on any atom is 0.102 e. The second-order valence-corrected chi connectivity index (χ2v) is 5.53. The summed E-state index contributed by atoms with van der Waals surface area (Å²) in [6, 6.07) is 23.8. The molecule has 0 heterocycles. The molecule has 0 aliphatic carbocycles. The summed E-state index contributed by atoms with van der Waals surface area (Å²) in [5, 5.41) is 22.4. The van der Waals surface area contributed by atoms with Gasteiger partial charge in [0.05, 0.1) is 12.2 Å². The summed E-state index contributed by atoms with van der Waals surface area (Å²) < 4.78 is 0. The molecule has 22 heavy (non-hydrogen) atoms. The van der Waals surface area contributed by atoms with Crippen molar-refractivity contribution in [1.29, 1.82) is 5.26 Å². The van der Waals surface area contributed by atoms with E-state index in [1.807, 2.05) is 73.7 Å². The molecule has 2 atom stereocenters. The summed E-state index contributed by atoms with van der Waals surface area (Å²) in [5.74, 6) is -0.589. The Morgan fingerprint density at radius 3 is 2.32 bits per heavy atom. The number of aliphatic hydroxyl groups is 1. The van der Waals surface area contributed by atoms with E-state index in [1.54, 1.807) is 0 Å². The molecular weight excluding hydrogens is 270 g/mol. The molecule has 0 saturated heterocycles. The molecule has 3 aromatic carbocycles. The van der Waals surface area contributed by atoms with Gasteiger partial charge in [-0.25, -0.2) is 0 Å². The highest BCUT2D eigenvalue weighted by atomic mass is 16.3. The Bertz CT molecular complexity index is 825. The first-order chi connectivity index (χ1) is 10.7. The molecule has 1 N–H and O–H groups in total. The molecule has 0 aromatic heterocycles. The van der Waals surface area contributed by atoms with Crippen LogP contribution in [-0.4, -0.2) is 5.11 Å². The summed E-state index contributed by atoms with van der Waals surface area (Å²) in [6.45, 7) is 2.00. The van der Waals surface area contributed by atoms with Crippen molar-refractivity contribution in [2.75, 3.05) is 0 Å². The van der Waals surface area contributed by atoms with Crippen LogP contribution in [0.15, 0.2) is 66.7 Å². The highest BCUT2D eigenvalue weighted by molar-refractivity contribution is 5.86. The second kappa shape index (κ2) is 6.01. The summed E-state index contributed by atoms with van der Waals surface area (Å²) in [5.41, 5.74) is 2.77. The number of rotatable bonds is 3.